The van der Waals surface area contributed by atoms with Crippen LogP contribution in [0.4, 0.5) is 0 Å². The van der Waals surface area contributed by atoms with Gasteiger partial charge in [-0.2, -0.15) is 0 Å². The number of hydrogen-bond donors (Lipinski definition) is 1. The van der Waals surface area contributed by atoms with Gasteiger partial charge < -0.3 is 14.6 Å². The first-order valence-corrected chi connectivity index (χ1v) is 7.77. The molecule has 1 N–H and O–H groups in total. The number of rotatable bonds is 2. The first-order chi connectivity index (χ1) is 9.65. The number of hydrogen-bond acceptors (Lipinski definition) is 3. The molecule has 1 aromatic carbocycles. The minimum absolute atomic E-state index is 0.0625. The molecule has 1 unspecified atom stereocenters. The predicted octanol–water partition coefficient (Wildman–Crippen LogP) is 3.96. The van der Waals surface area contributed by atoms with E-state index in [1.807, 2.05) is 13.0 Å². The van der Waals surface area contributed by atoms with Crippen LogP contribution in [0, 0.1) is 6.92 Å². The van der Waals surface area contributed by atoms with Crippen LogP contribution in [-0.2, 0) is 4.74 Å². The van der Waals surface area contributed by atoms with E-state index in [1.54, 1.807) is 12.1 Å². The highest BCUT2D eigenvalue weighted by atomic mass is 16.5. The average molecular weight is 276 g/mol. The quantitative estimate of drug-likeness (QED) is 0.888. The summed E-state index contributed by atoms with van der Waals surface area (Å²) in [5, 5.41) is 9.66. The average Bonchev–Trinajstić information content (AvgIpc) is 2.38. The minimum atomic E-state index is 0.0625. The fraction of sp³-hybridized carbons (Fsp3) is 0.647. The van der Waals surface area contributed by atoms with E-state index in [1.165, 1.54) is 32.1 Å². The molecule has 1 atom stereocenters. The topological polar surface area (TPSA) is 38.7 Å². The molecule has 110 valence electrons. The first kappa shape index (κ1) is 13.7. The van der Waals surface area contributed by atoms with Gasteiger partial charge in [0, 0.05) is 18.9 Å². The third kappa shape index (κ3) is 3.09. The van der Waals surface area contributed by atoms with Gasteiger partial charge >= 0.3 is 0 Å². The van der Waals surface area contributed by atoms with Crippen LogP contribution in [0.3, 0.4) is 0 Å². The molecule has 0 bridgehead atoms. The molecule has 20 heavy (non-hydrogen) atoms. The van der Waals surface area contributed by atoms with Crippen LogP contribution in [0.5, 0.6) is 11.5 Å². The van der Waals surface area contributed by atoms with Gasteiger partial charge in [0.1, 0.15) is 17.6 Å². The highest BCUT2D eigenvalue weighted by Gasteiger charge is 2.39. The zero-order chi connectivity index (χ0) is 14.0. The number of benzene rings is 1. The fourth-order valence-corrected chi connectivity index (χ4v) is 3.62. The summed E-state index contributed by atoms with van der Waals surface area (Å²) >= 11 is 0. The molecule has 1 spiro atoms. The van der Waals surface area contributed by atoms with E-state index < -0.39 is 0 Å². The molecule has 1 heterocycles. The van der Waals surface area contributed by atoms with Crippen molar-refractivity contribution in [2.45, 2.75) is 63.6 Å². The molecule has 3 rings (SSSR count). The lowest BCUT2D eigenvalue weighted by atomic mass is 9.79. The Morgan fingerprint density at radius 3 is 2.75 bits per heavy atom. The summed E-state index contributed by atoms with van der Waals surface area (Å²) in [7, 11) is 0. The number of phenols is 1. The normalized spacial score (nSPS) is 25.6. The summed E-state index contributed by atoms with van der Waals surface area (Å²) in [4.78, 5) is 0. The molecule has 1 aliphatic carbocycles. The minimum Gasteiger partial charge on any atom is -0.508 e. The maximum Gasteiger partial charge on any atom is 0.123 e. The van der Waals surface area contributed by atoms with Gasteiger partial charge in [0.2, 0.25) is 0 Å². The van der Waals surface area contributed by atoms with E-state index in [-0.39, 0.29) is 17.5 Å². The largest absolute Gasteiger partial charge is 0.508 e. The van der Waals surface area contributed by atoms with Crippen LogP contribution in [0.2, 0.25) is 0 Å². The van der Waals surface area contributed by atoms with Crippen LogP contribution >= 0.6 is 0 Å². The zero-order valence-corrected chi connectivity index (χ0v) is 12.2. The van der Waals surface area contributed by atoms with Gasteiger partial charge in [0.05, 0.1) is 12.2 Å². The second-order valence-electron chi connectivity index (χ2n) is 6.33. The Morgan fingerprint density at radius 1 is 1.20 bits per heavy atom. The molecule has 0 amide bonds. The highest BCUT2D eigenvalue weighted by Crippen LogP contribution is 2.39. The monoisotopic (exact) mass is 276 g/mol. The van der Waals surface area contributed by atoms with Crippen molar-refractivity contribution in [2.75, 3.05) is 6.61 Å². The molecule has 1 saturated carbocycles. The van der Waals surface area contributed by atoms with Crippen molar-refractivity contribution in [3.05, 3.63) is 23.8 Å². The zero-order valence-electron chi connectivity index (χ0n) is 12.2. The molecular formula is C17H24O3. The summed E-state index contributed by atoms with van der Waals surface area (Å²) in [6.45, 7) is 2.77. The van der Waals surface area contributed by atoms with Gasteiger partial charge in [0.15, 0.2) is 0 Å². The summed E-state index contributed by atoms with van der Waals surface area (Å²) in [6, 6.07) is 5.44. The Labute approximate surface area is 120 Å². The molecule has 1 aromatic rings. The third-order valence-corrected chi connectivity index (χ3v) is 4.55. The van der Waals surface area contributed by atoms with Crippen molar-refractivity contribution in [1.29, 1.82) is 0 Å². The van der Waals surface area contributed by atoms with Crippen molar-refractivity contribution in [3.8, 4) is 11.5 Å². The van der Waals surface area contributed by atoms with E-state index in [2.05, 4.69) is 0 Å². The number of aromatic hydroxyl groups is 1. The van der Waals surface area contributed by atoms with E-state index in [0.29, 0.717) is 0 Å². The first-order valence-electron chi connectivity index (χ1n) is 7.77. The Bertz CT molecular complexity index is 438. The summed E-state index contributed by atoms with van der Waals surface area (Å²) < 4.78 is 12.2. The second-order valence-corrected chi connectivity index (χ2v) is 6.33. The summed E-state index contributed by atoms with van der Waals surface area (Å²) in [5.74, 6) is 1.06. The smallest absolute Gasteiger partial charge is 0.123 e. The molecular weight excluding hydrogens is 252 g/mol. The van der Waals surface area contributed by atoms with Crippen molar-refractivity contribution >= 4 is 0 Å². The molecule has 3 nitrogen and oxygen atoms in total. The van der Waals surface area contributed by atoms with Gasteiger partial charge in [-0.3, -0.25) is 0 Å². The third-order valence-electron chi connectivity index (χ3n) is 4.55. The van der Waals surface area contributed by atoms with E-state index in [4.69, 9.17) is 9.47 Å². The molecule has 0 radical (unpaired) electrons. The van der Waals surface area contributed by atoms with Crippen molar-refractivity contribution < 1.29 is 14.6 Å². The molecule has 3 heteroatoms. The molecule has 2 fully saturated rings. The number of ether oxygens (including phenoxy) is 2. The lowest BCUT2D eigenvalue weighted by molar-refractivity contribution is -0.129. The van der Waals surface area contributed by atoms with Crippen molar-refractivity contribution in [2.24, 2.45) is 0 Å². The van der Waals surface area contributed by atoms with E-state index in [0.717, 1.165) is 30.8 Å². The van der Waals surface area contributed by atoms with Crippen LogP contribution in [-0.4, -0.2) is 23.4 Å². The Kier molecular flexibility index (Phi) is 3.88. The van der Waals surface area contributed by atoms with Gasteiger partial charge in [-0.25, -0.2) is 0 Å². The number of aryl methyl sites for hydroxylation is 1. The van der Waals surface area contributed by atoms with Gasteiger partial charge in [-0.15, -0.1) is 0 Å². The van der Waals surface area contributed by atoms with E-state index in [9.17, 15) is 5.11 Å². The molecule has 1 aliphatic heterocycles. The Morgan fingerprint density at radius 2 is 2.00 bits per heavy atom. The lowest BCUT2D eigenvalue weighted by Crippen LogP contribution is -2.45. The van der Waals surface area contributed by atoms with Crippen molar-refractivity contribution in [3.63, 3.8) is 0 Å². The molecule has 0 aromatic heterocycles. The summed E-state index contributed by atoms with van der Waals surface area (Å²) in [6.07, 6.45) is 8.37. The maximum absolute atomic E-state index is 9.66. The SMILES string of the molecule is Cc1cc(O)cc(OC2CCOC3(CCCCC3)C2)c1. The van der Waals surface area contributed by atoms with Crippen LogP contribution in [0.1, 0.15) is 50.5 Å². The predicted molar refractivity (Wildman–Crippen MR) is 78.3 cm³/mol. The lowest BCUT2D eigenvalue weighted by Gasteiger charge is -2.43. The van der Waals surface area contributed by atoms with Crippen LogP contribution < -0.4 is 4.74 Å². The second kappa shape index (κ2) is 5.65. The van der Waals surface area contributed by atoms with E-state index >= 15 is 0 Å². The van der Waals surface area contributed by atoms with Crippen molar-refractivity contribution in [1.82, 2.24) is 0 Å². The van der Waals surface area contributed by atoms with Gasteiger partial charge in [0.25, 0.3) is 0 Å². The standard InChI is InChI=1S/C17H24O3/c1-13-9-14(18)11-16(10-13)20-15-5-8-19-17(12-15)6-3-2-4-7-17/h9-11,15,18H,2-8,12H2,1H3. The number of phenolic OH excluding ortho intramolecular Hbond substituents is 1. The summed E-state index contributed by atoms with van der Waals surface area (Å²) in [5.41, 5.74) is 1.09. The Balaban J connectivity index is 1.67. The maximum atomic E-state index is 9.66. The van der Waals surface area contributed by atoms with Gasteiger partial charge in [-0.05, 0) is 37.5 Å². The van der Waals surface area contributed by atoms with Crippen LogP contribution in [0.15, 0.2) is 18.2 Å². The Hall–Kier alpha value is -1.22. The highest BCUT2D eigenvalue weighted by molar-refractivity contribution is 5.37. The van der Waals surface area contributed by atoms with Crippen LogP contribution in [0.25, 0.3) is 0 Å². The molecule has 2 aliphatic rings. The van der Waals surface area contributed by atoms with Gasteiger partial charge in [-0.1, -0.05) is 19.3 Å². The molecule has 1 saturated heterocycles. The fourth-order valence-electron chi connectivity index (χ4n) is 3.62.